The number of nitrogens with zero attached hydrogens (tertiary/aromatic N) is 2. The van der Waals surface area contributed by atoms with Gasteiger partial charge in [0.2, 0.25) is 5.91 Å². The van der Waals surface area contributed by atoms with Gasteiger partial charge in [-0.25, -0.2) is 9.97 Å². The van der Waals surface area contributed by atoms with Crippen molar-refractivity contribution in [3.8, 4) is 11.4 Å². The molecule has 1 aliphatic carbocycles. The summed E-state index contributed by atoms with van der Waals surface area (Å²) in [5, 5.41) is 6.56. The predicted molar refractivity (Wildman–Crippen MR) is 96.3 cm³/mol. The zero-order valence-corrected chi connectivity index (χ0v) is 14.7. The zero-order valence-electron chi connectivity index (χ0n) is 13.9. The highest BCUT2D eigenvalue weighted by Gasteiger charge is 2.21. The van der Waals surface area contributed by atoms with Gasteiger partial charge in [0.05, 0.1) is 0 Å². The lowest BCUT2D eigenvalue weighted by atomic mass is 9.96. The Morgan fingerprint density at radius 2 is 2.04 bits per heavy atom. The maximum Gasteiger partial charge on any atom is 0.241 e. The molecule has 3 rings (SSSR count). The van der Waals surface area contributed by atoms with Gasteiger partial charge in [-0.15, -0.1) is 0 Å². The van der Waals surface area contributed by atoms with Crippen LogP contribution in [-0.2, 0) is 17.6 Å². The van der Waals surface area contributed by atoms with Crippen molar-refractivity contribution in [2.75, 3.05) is 12.4 Å². The van der Waals surface area contributed by atoms with E-state index in [0.29, 0.717) is 10.8 Å². The third kappa shape index (κ3) is 3.51. The zero-order chi connectivity index (χ0) is 17.1. The Kier molecular flexibility index (Phi) is 5.00. The lowest BCUT2D eigenvalue weighted by Crippen LogP contribution is -2.36. The number of rotatable bonds is 4. The molecule has 0 saturated heterocycles. The molecule has 0 radical (unpaired) electrons. The van der Waals surface area contributed by atoms with Crippen molar-refractivity contribution in [2.45, 2.75) is 38.6 Å². The standard InChI is InChI=1S/C18H21ClN4O/c1-11(18(24)20-2)21-17-14-8-3-4-9-15(14)22-16(23-17)12-6-5-7-13(19)10-12/h5-7,10-11H,3-4,8-9H2,1-2H3,(H,20,24)(H,21,22,23)/t11-/m1/s1. The Labute approximate surface area is 146 Å². The minimum atomic E-state index is -0.358. The Morgan fingerprint density at radius 1 is 1.25 bits per heavy atom. The fraction of sp³-hybridized carbons (Fsp3) is 0.389. The maximum absolute atomic E-state index is 11.8. The topological polar surface area (TPSA) is 66.9 Å². The van der Waals surface area contributed by atoms with Crippen LogP contribution in [0.15, 0.2) is 24.3 Å². The van der Waals surface area contributed by atoms with Gasteiger partial charge in [-0.1, -0.05) is 23.7 Å². The van der Waals surface area contributed by atoms with E-state index in [1.807, 2.05) is 31.2 Å². The molecule has 0 fully saturated rings. The van der Waals surface area contributed by atoms with Crippen LogP contribution >= 0.6 is 11.6 Å². The summed E-state index contributed by atoms with van der Waals surface area (Å²) < 4.78 is 0. The van der Waals surface area contributed by atoms with E-state index in [0.717, 1.165) is 48.3 Å². The number of carbonyl (C=O) groups excluding carboxylic acids is 1. The van der Waals surface area contributed by atoms with Crippen molar-refractivity contribution in [3.63, 3.8) is 0 Å². The largest absolute Gasteiger partial charge is 0.358 e. The highest BCUT2D eigenvalue weighted by molar-refractivity contribution is 6.30. The number of aromatic nitrogens is 2. The SMILES string of the molecule is CNC(=O)[C@@H](C)Nc1nc(-c2cccc(Cl)c2)nc2c1CCCC2. The minimum Gasteiger partial charge on any atom is -0.358 e. The molecule has 1 aliphatic rings. The average Bonchev–Trinajstić information content (AvgIpc) is 2.60. The van der Waals surface area contributed by atoms with Gasteiger partial charge in [-0.3, -0.25) is 4.79 Å². The molecule has 1 atom stereocenters. The third-order valence-corrected chi connectivity index (χ3v) is 4.49. The van der Waals surface area contributed by atoms with E-state index >= 15 is 0 Å². The number of hydrogen-bond acceptors (Lipinski definition) is 4. The van der Waals surface area contributed by atoms with Crippen molar-refractivity contribution in [2.24, 2.45) is 0 Å². The van der Waals surface area contributed by atoms with E-state index in [1.165, 1.54) is 0 Å². The maximum atomic E-state index is 11.8. The lowest BCUT2D eigenvalue weighted by molar-refractivity contribution is -0.121. The monoisotopic (exact) mass is 344 g/mol. The second kappa shape index (κ2) is 7.18. The summed E-state index contributed by atoms with van der Waals surface area (Å²) in [4.78, 5) is 21.3. The highest BCUT2D eigenvalue weighted by Crippen LogP contribution is 2.29. The molecule has 1 aromatic heterocycles. The second-order valence-corrected chi connectivity index (χ2v) is 6.46. The molecule has 0 unspecified atom stereocenters. The van der Waals surface area contributed by atoms with Crippen molar-refractivity contribution in [1.82, 2.24) is 15.3 Å². The Morgan fingerprint density at radius 3 is 2.79 bits per heavy atom. The number of likely N-dealkylation sites (N-methyl/N-ethyl adjacent to an activating group) is 1. The number of nitrogens with one attached hydrogen (secondary N) is 2. The Bertz CT molecular complexity index is 763. The number of amides is 1. The van der Waals surface area contributed by atoms with Crippen molar-refractivity contribution in [3.05, 3.63) is 40.5 Å². The first-order valence-corrected chi connectivity index (χ1v) is 8.60. The van der Waals surface area contributed by atoms with Crippen LogP contribution in [0.3, 0.4) is 0 Å². The first kappa shape index (κ1) is 16.7. The third-order valence-electron chi connectivity index (χ3n) is 4.26. The van der Waals surface area contributed by atoms with Gasteiger partial charge in [-0.2, -0.15) is 0 Å². The summed E-state index contributed by atoms with van der Waals surface area (Å²) in [5.41, 5.74) is 3.08. The van der Waals surface area contributed by atoms with Gasteiger partial charge >= 0.3 is 0 Å². The number of halogens is 1. The molecule has 0 aliphatic heterocycles. The van der Waals surface area contributed by atoms with E-state index in [9.17, 15) is 4.79 Å². The quantitative estimate of drug-likeness (QED) is 0.893. The van der Waals surface area contributed by atoms with Crippen LogP contribution in [0.2, 0.25) is 5.02 Å². The second-order valence-electron chi connectivity index (χ2n) is 6.02. The fourth-order valence-electron chi connectivity index (χ4n) is 2.96. The summed E-state index contributed by atoms with van der Waals surface area (Å²) >= 11 is 6.10. The van der Waals surface area contributed by atoms with E-state index in [4.69, 9.17) is 21.6 Å². The van der Waals surface area contributed by atoms with Gasteiger partial charge in [0, 0.05) is 28.9 Å². The molecule has 1 amide bonds. The summed E-state index contributed by atoms with van der Waals surface area (Å²) in [6, 6.07) is 7.17. The molecular formula is C18H21ClN4O. The van der Waals surface area contributed by atoms with Crippen LogP contribution < -0.4 is 10.6 Å². The number of anilines is 1. The van der Waals surface area contributed by atoms with Crippen LogP contribution in [0, 0.1) is 0 Å². The van der Waals surface area contributed by atoms with Crippen LogP contribution in [0.25, 0.3) is 11.4 Å². The van der Waals surface area contributed by atoms with E-state index in [2.05, 4.69) is 10.6 Å². The molecule has 0 bridgehead atoms. The molecule has 0 saturated carbocycles. The number of fused-ring (bicyclic) bond motifs is 1. The molecule has 1 aromatic carbocycles. The fourth-order valence-corrected chi connectivity index (χ4v) is 3.15. The normalized spacial score (nSPS) is 14.6. The van der Waals surface area contributed by atoms with Crippen molar-refractivity contribution in [1.29, 1.82) is 0 Å². The molecule has 1 heterocycles. The number of carbonyl (C=O) groups is 1. The Balaban J connectivity index is 2.03. The summed E-state index contributed by atoms with van der Waals surface area (Å²) in [6.07, 6.45) is 4.13. The molecule has 2 aromatic rings. The summed E-state index contributed by atoms with van der Waals surface area (Å²) in [7, 11) is 1.63. The van der Waals surface area contributed by atoms with Gasteiger partial charge < -0.3 is 10.6 Å². The van der Waals surface area contributed by atoms with Crippen LogP contribution in [0.1, 0.15) is 31.0 Å². The van der Waals surface area contributed by atoms with Gasteiger partial charge in [0.1, 0.15) is 11.9 Å². The summed E-state index contributed by atoms with van der Waals surface area (Å²) in [6.45, 7) is 1.83. The van der Waals surface area contributed by atoms with Crippen molar-refractivity contribution >= 4 is 23.3 Å². The number of hydrogen-bond donors (Lipinski definition) is 2. The molecule has 5 nitrogen and oxygen atoms in total. The lowest BCUT2D eigenvalue weighted by Gasteiger charge is -2.22. The van der Waals surface area contributed by atoms with Crippen LogP contribution in [0.4, 0.5) is 5.82 Å². The number of benzene rings is 1. The average molecular weight is 345 g/mol. The van der Waals surface area contributed by atoms with E-state index in [1.54, 1.807) is 7.05 Å². The number of aryl methyl sites for hydroxylation is 1. The first-order chi connectivity index (χ1) is 11.6. The predicted octanol–water partition coefficient (Wildman–Crippen LogP) is 3.22. The minimum absolute atomic E-state index is 0.0672. The molecule has 6 heteroatoms. The van der Waals surface area contributed by atoms with E-state index in [-0.39, 0.29) is 11.9 Å². The van der Waals surface area contributed by atoms with Gasteiger partial charge in [-0.05, 0) is 44.7 Å². The summed E-state index contributed by atoms with van der Waals surface area (Å²) in [5.74, 6) is 1.33. The molecule has 126 valence electrons. The van der Waals surface area contributed by atoms with Crippen LogP contribution in [-0.4, -0.2) is 29.0 Å². The molecule has 2 N–H and O–H groups in total. The highest BCUT2D eigenvalue weighted by atomic mass is 35.5. The van der Waals surface area contributed by atoms with Crippen LogP contribution in [0.5, 0.6) is 0 Å². The molecule has 24 heavy (non-hydrogen) atoms. The smallest absolute Gasteiger partial charge is 0.241 e. The molecular weight excluding hydrogens is 324 g/mol. The first-order valence-electron chi connectivity index (χ1n) is 8.22. The van der Waals surface area contributed by atoms with Gasteiger partial charge in [0.25, 0.3) is 0 Å². The van der Waals surface area contributed by atoms with Gasteiger partial charge in [0.15, 0.2) is 5.82 Å². The van der Waals surface area contributed by atoms with Crippen molar-refractivity contribution < 1.29 is 4.79 Å². The Hall–Kier alpha value is -2.14. The van der Waals surface area contributed by atoms with E-state index < -0.39 is 0 Å². The molecule has 0 spiro atoms.